The highest BCUT2D eigenvalue weighted by atomic mass is 32.1. The van der Waals surface area contributed by atoms with Gasteiger partial charge in [-0.25, -0.2) is 4.98 Å². The van der Waals surface area contributed by atoms with Gasteiger partial charge in [-0.05, 0) is 13.8 Å². The van der Waals surface area contributed by atoms with Gasteiger partial charge in [0, 0.05) is 17.8 Å². The molecule has 1 unspecified atom stereocenters. The fraction of sp³-hybridized carbons (Fsp3) is 0.273. The first-order valence-corrected chi connectivity index (χ1v) is 6.62. The summed E-state index contributed by atoms with van der Waals surface area (Å²) in [4.78, 5) is 4.40. The molecule has 0 bridgehead atoms. The number of rotatable bonds is 3. The lowest BCUT2D eigenvalue weighted by Gasteiger charge is -2.13. The van der Waals surface area contributed by atoms with Crippen LogP contribution in [0.5, 0.6) is 0 Å². The standard InChI is InChI=1S/C11H13N7S/c1-6-5-9(18-8(14-6)3-4-13-18)15-7(2)10-16-17-11(12)19-10/h3-5,7,15H,1-2H3,(H2,12,17). The van der Waals surface area contributed by atoms with Crippen molar-refractivity contribution < 1.29 is 0 Å². The van der Waals surface area contributed by atoms with Crippen LogP contribution in [0.25, 0.3) is 5.65 Å². The van der Waals surface area contributed by atoms with Crippen molar-refractivity contribution >= 4 is 27.9 Å². The maximum Gasteiger partial charge on any atom is 0.203 e. The SMILES string of the molecule is Cc1cc(NC(C)c2nnc(N)s2)n2nccc2n1. The van der Waals surface area contributed by atoms with Gasteiger partial charge in [0.05, 0.1) is 12.2 Å². The Bertz CT molecular complexity index is 717. The predicted molar refractivity (Wildman–Crippen MR) is 74.1 cm³/mol. The van der Waals surface area contributed by atoms with Crippen LogP contribution in [0.15, 0.2) is 18.3 Å². The second-order valence-corrected chi connectivity index (χ2v) is 5.27. The maximum atomic E-state index is 5.60. The van der Waals surface area contributed by atoms with Gasteiger partial charge in [-0.15, -0.1) is 10.2 Å². The van der Waals surface area contributed by atoms with E-state index in [1.165, 1.54) is 11.3 Å². The fourth-order valence-electron chi connectivity index (χ4n) is 1.85. The summed E-state index contributed by atoms with van der Waals surface area (Å²) in [5.74, 6) is 0.869. The van der Waals surface area contributed by atoms with Crippen LogP contribution in [-0.4, -0.2) is 24.8 Å². The van der Waals surface area contributed by atoms with Crippen molar-refractivity contribution in [2.45, 2.75) is 19.9 Å². The summed E-state index contributed by atoms with van der Waals surface area (Å²) in [5, 5.41) is 16.8. The van der Waals surface area contributed by atoms with Gasteiger partial charge < -0.3 is 11.1 Å². The van der Waals surface area contributed by atoms with Crippen LogP contribution in [0.3, 0.4) is 0 Å². The summed E-state index contributed by atoms with van der Waals surface area (Å²) < 4.78 is 1.76. The number of nitrogens with zero attached hydrogens (tertiary/aromatic N) is 5. The Labute approximate surface area is 113 Å². The van der Waals surface area contributed by atoms with Gasteiger partial charge in [-0.3, -0.25) is 0 Å². The van der Waals surface area contributed by atoms with E-state index in [2.05, 4.69) is 25.6 Å². The average molecular weight is 275 g/mol. The number of nitrogen functional groups attached to an aromatic ring is 1. The molecule has 0 aliphatic rings. The Morgan fingerprint density at radius 3 is 3.00 bits per heavy atom. The molecule has 3 rings (SSSR count). The molecule has 0 aromatic carbocycles. The molecule has 3 aromatic heterocycles. The van der Waals surface area contributed by atoms with E-state index in [4.69, 9.17) is 5.73 Å². The van der Waals surface area contributed by atoms with E-state index in [0.29, 0.717) is 5.13 Å². The Morgan fingerprint density at radius 2 is 2.26 bits per heavy atom. The van der Waals surface area contributed by atoms with Crippen molar-refractivity contribution in [3.8, 4) is 0 Å². The number of aromatic nitrogens is 5. The predicted octanol–water partition coefficient (Wildman–Crippen LogP) is 1.64. The van der Waals surface area contributed by atoms with Crippen molar-refractivity contribution in [2.24, 2.45) is 0 Å². The van der Waals surface area contributed by atoms with Gasteiger partial charge in [-0.1, -0.05) is 11.3 Å². The highest BCUT2D eigenvalue weighted by Gasteiger charge is 2.13. The summed E-state index contributed by atoms with van der Waals surface area (Å²) >= 11 is 1.37. The Balaban J connectivity index is 1.94. The van der Waals surface area contributed by atoms with Crippen molar-refractivity contribution in [3.63, 3.8) is 0 Å². The van der Waals surface area contributed by atoms with Crippen LogP contribution in [0, 0.1) is 6.92 Å². The normalized spacial score (nSPS) is 12.7. The third-order valence-corrected chi connectivity index (χ3v) is 3.61. The molecule has 3 N–H and O–H groups in total. The quantitative estimate of drug-likeness (QED) is 0.754. The van der Waals surface area contributed by atoms with Crippen LogP contribution < -0.4 is 11.1 Å². The first kappa shape index (κ1) is 11.8. The number of hydrogen-bond acceptors (Lipinski definition) is 7. The minimum atomic E-state index is 0.00370. The number of nitrogens with two attached hydrogens (primary N) is 1. The molecule has 8 heteroatoms. The lowest BCUT2D eigenvalue weighted by atomic mass is 10.3. The molecular weight excluding hydrogens is 262 g/mol. The van der Waals surface area contributed by atoms with Crippen molar-refractivity contribution in [1.82, 2.24) is 24.8 Å². The lowest BCUT2D eigenvalue weighted by Crippen LogP contribution is -2.11. The van der Waals surface area contributed by atoms with Crippen LogP contribution in [0.4, 0.5) is 10.9 Å². The van der Waals surface area contributed by atoms with E-state index in [9.17, 15) is 0 Å². The zero-order valence-electron chi connectivity index (χ0n) is 10.5. The largest absolute Gasteiger partial charge is 0.374 e. The van der Waals surface area contributed by atoms with Gasteiger partial charge in [0.15, 0.2) is 5.65 Å². The average Bonchev–Trinajstić information content (AvgIpc) is 2.97. The van der Waals surface area contributed by atoms with Gasteiger partial charge in [0.1, 0.15) is 10.8 Å². The first-order chi connectivity index (χ1) is 9.13. The molecule has 0 saturated carbocycles. The Hall–Kier alpha value is -2.22. The number of nitrogens with one attached hydrogen (secondary N) is 1. The highest BCUT2D eigenvalue weighted by molar-refractivity contribution is 7.15. The minimum absolute atomic E-state index is 0.00370. The van der Waals surface area contributed by atoms with E-state index >= 15 is 0 Å². The van der Waals surface area contributed by atoms with Gasteiger partial charge >= 0.3 is 0 Å². The van der Waals surface area contributed by atoms with E-state index in [1.807, 2.05) is 26.0 Å². The lowest BCUT2D eigenvalue weighted by molar-refractivity contribution is 0.812. The molecule has 0 aliphatic heterocycles. The molecule has 7 nitrogen and oxygen atoms in total. The molecule has 3 heterocycles. The van der Waals surface area contributed by atoms with Crippen LogP contribution in [0.2, 0.25) is 0 Å². The third-order valence-electron chi connectivity index (χ3n) is 2.68. The Kier molecular flexibility index (Phi) is 2.79. The topological polar surface area (TPSA) is 94.0 Å². The number of hydrogen-bond donors (Lipinski definition) is 2. The van der Waals surface area contributed by atoms with E-state index < -0.39 is 0 Å². The molecule has 98 valence electrons. The summed E-state index contributed by atoms with van der Waals surface area (Å²) in [6.45, 7) is 3.96. The Morgan fingerprint density at radius 1 is 1.42 bits per heavy atom. The molecule has 0 fully saturated rings. The van der Waals surface area contributed by atoms with Crippen molar-refractivity contribution in [3.05, 3.63) is 29.0 Å². The summed E-state index contributed by atoms with van der Waals surface area (Å²) in [5.41, 5.74) is 7.34. The van der Waals surface area contributed by atoms with Crippen molar-refractivity contribution in [2.75, 3.05) is 11.1 Å². The number of anilines is 2. The van der Waals surface area contributed by atoms with Crippen LogP contribution in [-0.2, 0) is 0 Å². The molecule has 0 spiro atoms. The number of fused-ring (bicyclic) bond motifs is 1. The maximum absolute atomic E-state index is 5.60. The van der Waals surface area contributed by atoms with E-state index in [-0.39, 0.29) is 6.04 Å². The first-order valence-electron chi connectivity index (χ1n) is 5.80. The molecule has 1 atom stereocenters. The summed E-state index contributed by atoms with van der Waals surface area (Å²) in [6.07, 6.45) is 1.72. The van der Waals surface area contributed by atoms with Gasteiger partial charge in [-0.2, -0.15) is 9.61 Å². The molecule has 0 saturated heterocycles. The van der Waals surface area contributed by atoms with Gasteiger partial charge in [0.2, 0.25) is 5.13 Å². The third kappa shape index (κ3) is 2.22. The fourth-order valence-corrected chi connectivity index (χ4v) is 2.46. The van der Waals surface area contributed by atoms with E-state index in [0.717, 1.165) is 22.2 Å². The second kappa shape index (κ2) is 4.47. The molecule has 19 heavy (non-hydrogen) atoms. The zero-order valence-corrected chi connectivity index (χ0v) is 11.3. The second-order valence-electron chi connectivity index (χ2n) is 4.23. The van der Waals surface area contributed by atoms with Crippen LogP contribution >= 0.6 is 11.3 Å². The van der Waals surface area contributed by atoms with Gasteiger partial charge in [0.25, 0.3) is 0 Å². The summed E-state index contributed by atoms with van der Waals surface area (Å²) in [6, 6.07) is 3.82. The smallest absolute Gasteiger partial charge is 0.203 e. The number of aryl methyl sites for hydroxylation is 1. The molecule has 0 radical (unpaired) electrons. The minimum Gasteiger partial charge on any atom is -0.374 e. The van der Waals surface area contributed by atoms with Crippen molar-refractivity contribution in [1.29, 1.82) is 0 Å². The molecule has 0 amide bonds. The molecular formula is C11H13N7S. The van der Waals surface area contributed by atoms with Crippen LogP contribution in [0.1, 0.15) is 23.7 Å². The molecule has 3 aromatic rings. The monoisotopic (exact) mass is 275 g/mol. The summed E-state index contributed by atoms with van der Waals surface area (Å²) in [7, 11) is 0. The molecule has 0 aliphatic carbocycles. The highest BCUT2D eigenvalue weighted by Crippen LogP contribution is 2.23. The van der Waals surface area contributed by atoms with E-state index in [1.54, 1.807) is 10.7 Å². The zero-order chi connectivity index (χ0) is 13.4.